The quantitative estimate of drug-likeness (QED) is 0.755. The molecule has 0 saturated carbocycles. The van der Waals surface area contributed by atoms with Crippen molar-refractivity contribution in [1.29, 1.82) is 0 Å². The lowest BCUT2D eigenvalue weighted by molar-refractivity contribution is -0.117. The number of hydrogen-bond acceptors (Lipinski definition) is 4. The normalized spacial score (nSPS) is 14.6. The monoisotopic (exact) mass is 381 g/mol. The van der Waals surface area contributed by atoms with Gasteiger partial charge in [0.05, 0.1) is 26.4 Å². The Labute approximate surface area is 166 Å². The second kappa shape index (κ2) is 9.31. The van der Waals surface area contributed by atoms with Gasteiger partial charge in [0, 0.05) is 12.5 Å². The number of carbonyl (C=O) groups is 1. The van der Waals surface area contributed by atoms with Gasteiger partial charge in [0.15, 0.2) is 11.5 Å². The van der Waals surface area contributed by atoms with Gasteiger partial charge < -0.3 is 19.5 Å². The van der Waals surface area contributed by atoms with Gasteiger partial charge in [0.2, 0.25) is 5.91 Å². The van der Waals surface area contributed by atoms with Gasteiger partial charge in [-0.05, 0) is 47.4 Å². The molecule has 3 rings (SSSR count). The van der Waals surface area contributed by atoms with E-state index in [0.717, 1.165) is 34.8 Å². The standard InChI is InChI=1S/C23H27NO4/c1-16(2)23(18-9-10-20-21(15-18)28-13-5-12-27-20)24-22(25)11-8-17-6-4-7-19(14-17)26-3/h4,6-11,14-16,23H,5,12-13H2,1-3H3,(H,24,25)/b11-8+/t23-/m1/s1. The summed E-state index contributed by atoms with van der Waals surface area (Å²) < 4.78 is 16.7. The molecule has 0 unspecified atom stereocenters. The maximum absolute atomic E-state index is 12.5. The molecule has 1 heterocycles. The summed E-state index contributed by atoms with van der Waals surface area (Å²) in [6.07, 6.45) is 4.19. The zero-order chi connectivity index (χ0) is 19.9. The first-order valence-electron chi connectivity index (χ1n) is 9.59. The number of amides is 1. The molecule has 0 bridgehead atoms. The van der Waals surface area contributed by atoms with E-state index >= 15 is 0 Å². The molecule has 1 aliphatic heterocycles. The molecule has 1 N–H and O–H groups in total. The molecule has 5 nitrogen and oxygen atoms in total. The first-order valence-corrected chi connectivity index (χ1v) is 9.59. The van der Waals surface area contributed by atoms with Crippen LogP contribution >= 0.6 is 0 Å². The molecule has 28 heavy (non-hydrogen) atoms. The number of fused-ring (bicyclic) bond motifs is 1. The zero-order valence-corrected chi connectivity index (χ0v) is 16.6. The van der Waals surface area contributed by atoms with Crippen LogP contribution in [0.1, 0.15) is 37.4 Å². The Morgan fingerprint density at radius 2 is 1.89 bits per heavy atom. The molecule has 0 fully saturated rings. The van der Waals surface area contributed by atoms with Crippen molar-refractivity contribution in [1.82, 2.24) is 5.32 Å². The Hall–Kier alpha value is -2.95. The summed E-state index contributed by atoms with van der Waals surface area (Å²) in [6.45, 7) is 5.46. The maximum Gasteiger partial charge on any atom is 0.244 e. The summed E-state index contributed by atoms with van der Waals surface area (Å²) in [6, 6.07) is 13.3. The van der Waals surface area contributed by atoms with Crippen LogP contribution in [0.15, 0.2) is 48.5 Å². The van der Waals surface area contributed by atoms with Gasteiger partial charge in [-0.25, -0.2) is 0 Å². The van der Waals surface area contributed by atoms with Gasteiger partial charge in [0.1, 0.15) is 5.75 Å². The van der Waals surface area contributed by atoms with Crippen LogP contribution in [0.3, 0.4) is 0 Å². The molecule has 0 aliphatic carbocycles. The second-order valence-electron chi connectivity index (χ2n) is 7.10. The summed E-state index contributed by atoms with van der Waals surface area (Å²) >= 11 is 0. The molecule has 1 atom stereocenters. The molecule has 2 aromatic carbocycles. The fourth-order valence-corrected chi connectivity index (χ4v) is 3.13. The average molecular weight is 381 g/mol. The zero-order valence-electron chi connectivity index (χ0n) is 16.6. The second-order valence-corrected chi connectivity index (χ2v) is 7.10. The molecule has 0 radical (unpaired) electrons. The third-order valence-corrected chi connectivity index (χ3v) is 4.62. The molecule has 1 aliphatic rings. The predicted octanol–water partition coefficient (Wildman–Crippen LogP) is 4.38. The predicted molar refractivity (Wildman–Crippen MR) is 110 cm³/mol. The van der Waals surface area contributed by atoms with Crippen LogP contribution in [0.25, 0.3) is 6.08 Å². The Balaban J connectivity index is 1.73. The van der Waals surface area contributed by atoms with E-state index < -0.39 is 0 Å². The van der Waals surface area contributed by atoms with Crippen molar-refractivity contribution in [2.24, 2.45) is 5.92 Å². The van der Waals surface area contributed by atoms with Crippen molar-refractivity contribution in [3.8, 4) is 17.2 Å². The number of benzene rings is 2. The van der Waals surface area contributed by atoms with Gasteiger partial charge >= 0.3 is 0 Å². The SMILES string of the molecule is COc1cccc(/C=C/C(=O)N[C@@H](c2ccc3c(c2)OCCCO3)C(C)C)c1. The first kappa shape index (κ1) is 19.8. The van der Waals surface area contributed by atoms with Crippen LogP contribution in [-0.2, 0) is 4.79 Å². The van der Waals surface area contributed by atoms with Crippen molar-refractivity contribution in [3.63, 3.8) is 0 Å². The van der Waals surface area contributed by atoms with E-state index in [0.29, 0.717) is 13.2 Å². The Kier molecular flexibility index (Phi) is 6.58. The Morgan fingerprint density at radius 3 is 2.64 bits per heavy atom. The molecule has 148 valence electrons. The average Bonchev–Trinajstić information content (AvgIpc) is 2.95. The molecular weight excluding hydrogens is 354 g/mol. The van der Waals surface area contributed by atoms with Gasteiger partial charge in [-0.3, -0.25) is 4.79 Å². The molecule has 1 amide bonds. The molecule has 0 spiro atoms. The highest BCUT2D eigenvalue weighted by Gasteiger charge is 2.20. The Bertz CT molecular complexity index is 844. The lowest BCUT2D eigenvalue weighted by Crippen LogP contribution is -2.30. The number of methoxy groups -OCH3 is 1. The molecule has 0 aromatic heterocycles. The highest BCUT2D eigenvalue weighted by atomic mass is 16.5. The van der Waals surface area contributed by atoms with E-state index in [1.54, 1.807) is 19.3 Å². The van der Waals surface area contributed by atoms with Crippen LogP contribution in [-0.4, -0.2) is 26.2 Å². The minimum atomic E-state index is -0.145. The van der Waals surface area contributed by atoms with Crippen LogP contribution in [0.4, 0.5) is 0 Å². The van der Waals surface area contributed by atoms with E-state index in [2.05, 4.69) is 19.2 Å². The minimum Gasteiger partial charge on any atom is -0.497 e. The number of nitrogens with one attached hydrogen (secondary N) is 1. The van der Waals surface area contributed by atoms with E-state index in [9.17, 15) is 4.79 Å². The number of hydrogen-bond donors (Lipinski definition) is 1. The molecule has 0 saturated heterocycles. The first-order chi connectivity index (χ1) is 13.6. The largest absolute Gasteiger partial charge is 0.497 e. The fourth-order valence-electron chi connectivity index (χ4n) is 3.13. The highest BCUT2D eigenvalue weighted by Crippen LogP contribution is 2.34. The van der Waals surface area contributed by atoms with Crippen LogP contribution in [0.2, 0.25) is 0 Å². The fraction of sp³-hybridized carbons (Fsp3) is 0.348. The van der Waals surface area contributed by atoms with Crippen molar-refractivity contribution in [3.05, 3.63) is 59.7 Å². The minimum absolute atomic E-state index is 0.125. The summed E-state index contributed by atoms with van der Waals surface area (Å²) in [5.41, 5.74) is 1.91. The van der Waals surface area contributed by atoms with Crippen molar-refractivity contribution < 1.29 is 19.0 Å². The number of rotatable bonds is 6. The molecule has 2 aromatic rings. The summed E-state index contributed by atoms with van der Waals surface area (Å²) in [5.74, 6) is 2.33. The third kappa shape index (κ3) is 5.06. The summed E-state index contributed by atoms with van der Waals surface area (Å²) in [4.78, 5) is 12.5. The highest BCUT2D eigenvalue weighted by molar-refractivity contribution is 5.92. The van der Waals surface area contributed by atoms with Gasteiger partial charge in [-0.15, -0.1) is 0 Å². The van der Waals surface area contributed by atoms with Crippen molar-refractivity contribution in [2.45, 2.75) is 26.3 Å². The summed E-state index contributed by atoms with van der Waals surface area (Å²) in [7, 11) is 1.62. The topological polar surface area (TPSA) is 56.8 Å². The maximum atomic E-state index is 12.5. The van der Waals surface area contributed by atoms with Crippen molar-refractivity contribution in [2.75, 3.05) is 20.3 Å². The van der Waals surface area contributed by atoms with Crippen LogP contribution in [0, 0.1) is 5.92 Å². The number of carbonyl (C=O) groups excluding carboxylic acids is 1. The van der Waals surface area contributed by atoms with E-state index in [1.165, 1.54) is 0 Å². The van der Waals surface area contributed by atoms with E-state index in [-0.39, 0.29) is 17.9 Å². The summed E-state index contributed by atoms with van der Waals surface area (Å²) in [5, 5.41) is 3.10. The van der Waals surface area contributed by atoms with Gasteiger partial charge in [-0.2, -0.15) is 0 Å². The number of ether oxygens (including phenoxy) is 3. The lowest BCUT2D eigenvalue weighted by atomic mass is 9.95. The van der Waals surface area contributed by atoms with Crippen LogP contribution < -0.4 is 19.5 Å². The lowest BCUT2D eigenvalue weighted by Gasteiger charge is -2.23. The van der Waals surface area contributed by atoms with Gasteiger partial charge in [-0.1, -0.05) is 32.0 Å². The van der Waals surface area contributed by atoms with E-state index in [1.807, 2.05) is 42.5 Å². The molecular formula is C23H27NO4. The smallest absolute Gasteiger partial charge is 0.244 e. The van der Waals surface area contributed by atoms with Crippen LogP contribution in [0.5, 0.6) is 17.2 Å². The Morgan fingerprint density at radius 1 is 1.11 bits per heavy atom. The van der Waals surface area contributed by atoms with Crippen molar-refractivity contribution >= 4 is 12.0 Å². The third-order valence-electron chi connectivity index (χ3n) is 4.62. The van der Waals surface area contributed by atoms with E-state index in [4.69, 9.17) is 14.2 Å². The van der Waals surface area contributed by atoms with Gasteiger partial charge in [0.25, 0.3) is 0 Å². The molecule has 5 heteroatoms.